The maximum absolute atomic E-state index is 6.27. The first kappa shape index (κ1) is 17.2. The second kappa shape index (κ2) is 7.61. The van der Waals surface area contributed by atoms with Crippen molar-refractivity contribution in [3.05, 3.63) is 17.7 Å². The van der Waals surface area contributed by atoms with E-state index in [0.29, 0.717) is 11.8 Å². The van der Waals surface area contributed by atoms with Crippen LogP contribution in [0.4, 0.5) is 0 Å². The van der Waals surface area contributed by atoms with E-state index >= 15 is 0 Å². The SMILES string of the molecule is c1nc2c(n1CC1CC1)[C@H](COCC1CCOCC1)CN(C1CCC1)C2. The van der Waals surface area contributed by atoms with Gasteiger partial charge in [-0.25, -0.2) is 4.98 Å². The number of nitrogens with zero attached hydrogens (tertiary/aromatic N) is 3. The van der Waals surface area contributed by atoms with Crippen LogP contribution in [0.25, 0.3) is 0 Å². The van der Waals surface area contributed by atoms with Gasteiger partial charge in [-0.2, -0.15) is 0 Å². The minimum atomic E-state index is 0.487. The van der Waals surface area contributed by atoms with Gasteiger partial charge in [-0.3, -0.25) is 4.90 Å². The molecular formula is C21H33N3O2. The number of hydrogen-bond donors (Lipinski definition) is 0. The summed E-state index contributed by atoms with van der Waals surface area (Å²) in [6, 6.07) is 0.787. The van der Waals surface area contributed by atoms with Crippen LogP contribution in [-0.4, -0.2) is 53.5 Å². The summed E-state index contributed by atoms with van der Waals surface area (Å²) in [6.07, 6.45) is 11.3. The van der Waals surface area contributed by atoms with Crippen molar-refractivity contribution in [1.82, 2.24) is 14.5 Å². The summed E-state index contributed by atoms with van der Waals surface area (Å²) in [7, 11) is 0. The minimum absolute atomic E-state index is 0.487. The molecule has 4 aliphatic rings. The number of aromatic nitrogens is 2. The lowest BCUT2D eigenvalue weighted by Crippen LogP contribution is -2.45. The van der Waals surface area contributed by atoms with Crippen LogP contribution in [0.5, 0.6) is 0 Å². The lowest BCUT2D eigenvalue weighted by molar-refractivity contribution is 0.00844. The van der Waals surface area contributed by atoms with Crippen molar-refractivity contribution >= 4 is 0 Å². The van der Waals surface area contributed by atoms with E-state index in [-0.39, 0.29) is 0 Å². The molecule has 3 fully saturated rings. The monoisotopic (exact) mass is 359 g/mol. The minimum Gasteiger partial charge on any atom is -0.381 e. The Balaban J connectivity index is 1.26. The number of fused-ring (bicyclic) bond motifs is 1. The van der Waals surface area contributed by atoms with Crippen LogP contribution >= 0.6 is 0 Å². The molecule has 1 aromatic heterocycles. The van der Waals surface area contributed by atoms with Crippen molar-refractivity contribution in [2.24, 2.45) is 11.8 Å². The third kappa shape index (κ3) is 3.71. The summed E-state index contributed by atoms with van der Waals surface area (Å²) in [6.45, 7) is 6.94. The topological polar surface area (TPSA) is 39.5 Å². The normalized spacial score (nSPS) is 28.1. The standard InChI is InChI=1S/C21H33N3O2/c1-2-19(3-1)23-11-18(14-26-13-17-6-8-25-9-7-17)21-20(12-23)22-15-24(21)10-16-4-5-16/h15-19H,1-14H2/t18-/m0/s1. The smallest absolute Gasteiger partial charge is 0.0952 e. The Morgan fingerprint density at radius 3 is 2.62 bits per heavy atom. The van der Waals surface area contributed by atoms with Crippen molar-refractivity contribution in [2.75, 3.05) is 33.0 Å². The van der Waals surface area contributed by atoms with Crippen LogP contribution in [0.15, 0.2) is 6.33 Å². The largest absolute Gasteiger partial charge is 0.381 e. The predicted octanol–water partition coefficient (Wildman–Crippen LogP) is 3.19. The maximum atomic E-state index is 6.27. The second-order valence-electron chi connectivity index (χ2n) is 8.98. The molecule has 0 radical (unpaired) electrons. The highest BCUT2D eigenvalue weighted by atomic mass is 16.5. The van der Waals surface area contributed by atoms with Crippen LogP contribution in [0.3, 0.4) is 0 Å². The second-order valence-corrected chi connectivity index (χ2v) is 8.98. The molecule has 1 saturated heterocycles. The van der Waals surface area contributed by atoms with Gasteiger partial charge in [-0.1, -0.05) is 6.42 Å². The molecular weight excluding hydrogens is 326 g/mol. The molecule has 2 aliphatic heterocycles. The third-order valence-electron chi connectivity index (χ3n) is 6.91. The Labute approximate surface area is 157 Å². The average Bonchev–Trinajstić information content (AvgIpc) is 3.33. The summed E-state index contributed by atoms with van der Waals surface area (Å²) < 4.78 is 14.2. The highest BCUT2D eigenvalue weighted by Crippen LogP contribution is 2.37. The molecule has 0 aromatic carbocycles. The molecule has 1 atom stereocenters. The summed E-state index contributed by atoms with van der Waals surface area (Å²) in [5.74, 6) is 2.06. The van der Waals surface area contributed by atoms with Gasteiger partial charge in [0.05, 0.1) is 18.6 Å². The lowest BCUT2D eigenvalue weighted by Gasteiger charge is -2.42. The summed E-state index contributed by atoms with van der Waals surface area (Å²) >= 11 is 0. The van der Waals surface area contributed by atoms with E-state index in [1.54, 1.807) is 0 Å². The fourth-order valence-corrected chi connectivity index (χ4v) is 4.83. The van der Waals surface area contributed by atoms with E-state index < -0.39 is 0 Å². The Morgan fingerprint density at radius 1 is 1.04 bits per heavy atom. The van der Waals surface area contributed by atoms with E-state index in [0.717, 1.165) is 64.3 Å². The van der Waals surface area contributed by atoms with E-state index in [1.165, 1.54) is 50.0 Å². The Kier molecular flexibility index (Phi) is 5.03. The highest BCUT2D eigenvalue weighted by molar-refractivity contribution is 5.23. The van der Waals surface area contributed by atoms with Gasteiger partial charge in [0.1, 0.15) is 0 Å². The van der Waals surface area contributed by atoms with Crippen molar-refractivity contribution in [3.63, 3.8) is 0 Å². The number of hydrogen-bond acceptors (Lipinski definition) is 4. The zero-order valence-electron chi connectivity index (χ0n) is 15.9. The van der Waals surface area contributed by atoms with Crippen LogP contribution < -0.4 is 0 Å². The van der Waals surface area contributed by atoms with E-state index in [9.17, 15) is 0 Å². The molecule has 0 bridgehead atoms. The van der Waals surface area contributed by atoms with Gasteiger partial charge in [-0.15, -0.1) is 0 Å². The molecule has 3 heterocycles. The van der Waals surface area contributed by atoms with Crippen LogP contribution in [0.1, 0.15) is 62.3 Å². The molecule has 2 saturated carbocycles. The highest BCUT2D eigenvalue weighted by Gasteiger charge is 2.36. The Bertz CT molecular complexity index is 602. The molecule has 0 N–H and O–H groups in total. The maximum Gasteiger partial charge on any atom is 0.0952 e. The fraction of sp³-hybridized carbons (Fsp3) is 0.857. The van der Waals surface area contributed by atoms with E-state index in [4.69, 9.17) is 14.5 Å². The molecule has 0 unspecified atom stereocenters. The molecule has 0 spiro atoms. The average molecular weight is 360 g/mol. The fourth-order valence-electron chi connectivity index (χ4n) is 4.83. The summed E-state index contributed by atoms with van der Waals surface area (Å²) in [5, 5.41) is 0. The van der Waals surface area contributed by atoms with Gasteiger partial charge in [0, 0.05) is 57.1 Å². The predicted molar refractivity (Wildman–Crippen MR) is 100 cm³/mol. The molecule has 144 valence electrons. The van der Waals surface area contributed by atoms with Gasteiger partial charge >= 0.3 is 0 Å². The first-order valence-corrected chi connectivity index (χ1v) is 10.8. The van der Waals surface area contributed by atoms with Crippen molar-refractivity contribution in [1.29, 1.82) is 0 Å². The third-order valence-corrected chi connectivity index (χ3v) is 6.91. The molecule has 5 nitrogen and oxygen atoms in total. The summed E-state index contributed by atoms with van der Waals surface area (Å²) in [5.41, 5.74) is 2.81. The molecule has 5 rings (SSSR count). The van der Waals surface area contributed by atoms with Gasteiger partial charge in [0.15, 0.2) is 0 Å². The molecule has 5 heteroatoms. The number of imidazole rings is 1. The molecule has 1 aromatic rings. The zero-order valence-corrected chi connectivity index (χ0v) is 15.9. The first-order chi connectivity index (χ1) is 12.9. The van der Waals surface area contributed by atoms with Crippen molar-refractivity contribution in [2.45, 2.75) is 70.0 Å². The van der Waals surface area contributed by atoms with Gasteiger partial charge in [0.25, 0.3) is 0 Å². The number of rotatable bonds is 7. The van der Waals surface area contributed by atoms with Crippen molar-refractivity contribution < 1.29 is 9.47 Å². The zero-order chi connectivity index (χ0) is 17.3. The number of ether oxygens (including phenoxy) is 2. The Morgan fingerprint density at radius 2 is 1.88 bits per heavy atom. The molecule has 26 heavy (non-hydrogen) atoms. The van der Waals surface area contributed by atoms with Crippen LogP contribution in [-0.2, 0) is 22.6 Å². The molecule has 2 aliphatic carbocycles. The van der Waals surface area contributed by atoms with E-state index in [2.05, 4.69) is 15.8 Å². The van der Waals surface area contributed by atoms with Gasteiger partial charge in [0.2, 0.25) is 0 Å². The Hall–Kier alpha value is -0.910. The van der Waals surface area contributed by atoms with E-state index in [1.807, 2.05) is 0 Å². The quantitative estimate of drug-likeness (QED) is 0.750. The van der Waals surface area contributed by atoms with Gasteiger partial charge < -0.3 is 14.0 Å². The van der Waals surface area contributed by atoms with Crippen LogP contribution in [0, 0.1) is 11.8 Å². The first-order valence-electron chi connectivity index (χ1n) is 10.8. The van der Waals surface area contributed by atoms with Crippen molar-refractivity contribution in [3.8, 4) is 0 Å². The lowest BCUT2D eigenvalue weighted by atomic mass is 9.88. The van der Waals surface area contributed by atoms with Crippen LogP contribution in [0.2, 0.25) is 0 Å². The van der Waals surface area contributed by atoms with Gasteiger partial charge in [-0.05, 0) is 50.4 Å². The summed E-state index contributed by atoms with van der Waals surface area (Å²) in [4.78, 5) is 7.51. The molecule has 0 amide bonds.